The van der Waals surface area contributed by atoms with Gasteiger partial charge in [0.15, 0.2) is 16.6 Å². The molecule has 0 unspecified atom stereocenters. The Morgan fingerprint density at radius 2 is 1.52 bits per heavy atom. The van der Waals surface area contributed by atoms with E-state index in [2.05, 4.69) is 96.4 Å². The quantitative estimate of drug-likeness (QED) is 0.422. The van der Waals surface area contributed by atoms with Crippen LogP contribution in [0.15, 0.2) is 9.66 Å². The van der Waals surface area contributed by atoms with Crippen LogP contribution >= 0.6 is 22.6 Å². The van der Waals surface area contributed by atoms with E-state index in [1.54, 1.807) is 6.08 Å². The molecule has 7 heteroatoms. The highest BCUT2D eigenvalue weighted by Gasteiger charge is 2.58. The van der Waals surface area contributed by atoms with Gasteiger partial charge in [-0.25, -0.2) is 0 Å². The molecular formula is C18H34INO3Si2. The van der Waals surface area contributed by atoms with Gasteiger partial charge in [0, 0.05) is 3.58 Å². The zero-order valence-corrected chi connectivity index (χ0v) is 21.5. The lowest BCUT2D eigenvalue weighted by Gasteiger charge is -2.47. The molecule has 0 fully saturated rings. The standard InChI is InChI=1S/C18H34INO3Si2/c1-16(2,3)24(7,8)22-15-13(21)11-14(19)18(15,12-20)23-25(9,10)17(4,5)6/h11,13,15,21H,1-10H3/t13-,15+,18+/m1/s1. The molecule has 0 saturated carbocycles. The third-order valence-corrected chi connectivity index (χ3v) is 16.1. The maximum absolute atomic E-state index is 10.7. The first kappa shape index (κ1) is 23.3. The second kappa shape index (κ2) is 7.02. The van der Waals surface area contributed by atoms with Crippen LogP contribution in [-0.2, 0) is 8.85 Å². The molecule has 0 bridgehead atoms. The average Bonchev–Trinajstić information content (AvgIpc) is 2.59. The molecule has 1 N–H and O–H groups in total. The SMILES string of the molecule is CC(C)(C)[Si](C)(C)O[C@H]1[C@H](O)C=C(I)[C@]1(C#N)O[Si](C)(C)C(C)(C)C. The molecule has 0 amide bonds. The zero-order valence-electron chi connectivity index (χ0n) is 17.3. The summed E-state index contributed by atoms with van der Waals surface area (Å²) in [7, 11) is -4.42. The van der Waals surface area contributed by atoms with Crippen LogP contribution in [0.25, 0.3) is 0 Å². The van der Waals surface area contributed by atoms with E-state index in [0.29, 0.717) is 0 Å². The van der Waals surface area contributed by atoms with Crippen LogP contribution < -0.4 is 0 Å². The van der Waals surface area contributed by atoms with Gasteiger partial charge in [-0.05, 0) is 64.9 Å². The molecule has 1 rings (SSSR count). The summed E-state index contributed by atoms with van der Waals surface area (Å²) >= 11 is 2.13. The third-order valence-electron chi connectivity index (χ3n) is 6.00. The molecule has 3 atom stereocenters. The van der Waals surface area contributed by atoms with Crippen molar-refractivity contribution < 1.29 is 14.0 Å². The fourth-order valence-electron chi connectivity index (χ4n) is 2.19. The van der Waals surface area contributed by atoms with Crippen LogP contribution in [0.4, 0.5) is 0 Å². The predicted octanol–water partition coefficient (Wildman–Crippen LogP) is 5.35. The Bertz CT molecular complexity index is 585. The topological polar surface area (TPSA) is 62.5 Å². The Balaban J connectivity index is 3.35. The normalized spacial score (nSPS) is 28.7. The number of hydrogen-bond acceptors (Lipinski definition) is 4. The Hall–Kier alpha value is 0.274. The number of nitriles is 1. The van der Waals surface area contributed by atoms with E-state index in [0.717, 1.165) is 3.58 Å². The van der Waals surface area contributed by atoms with E-state index in [-0.39, 0.29) is 10.1 Å². The van der Waals surface area contributed by atoms with Crippen molar-refractivity contribution in [2.45, 2.75) is 95.6 Å². The second-order valence-corrected chi connectivity index (χ2v) is 20.7. The fraction of sp³-hybridized carbons (Fsp3) is 0.833. The van der Waals surface area contributed by atoms with Crippen molar-refractivity contribution in [3.63, 3.8) is 0 Å². The Morgan fingerprint density at radius 1 is 1.08 bits per heavy atom. The molecule has 0 aromatic carbocycles. The number of aliphatic hydroxyl groups is 1. The minimum atomic E-state index is -2.24. The second-order valence-electron chi connectivity index (χ2n) is 10.0. The summed E-state index contributed by atoms with van der Waals surface area (Å²) in [5, 5.41) is 20.7. The fourth-order valence-corrected chi connectivity index (χ4v) is 5.98. The number of halogens is 1. The summed E-state index contributed by atoms with van der Waals surface area (Å²) in [5.74, 6) is 0. The maximum atomic E-state index is 10.7. The Labute approximate surface area is 169 Å². The molecular weight excluding hydrogens is 461 g/mol. The van der Waals surface area contributed by atoms with Crippen molar-refractivity contribution in [1.82, 2.24) is 0 Å². The first-order chi connectivity index (χ1) is 10.9. The van der Waals surface area contributed by atoms with Gasteiger partial charge in [0.05, 0.1) is 0 Å². The molecule has 1 aliphatic carbocycles. The van der Waals surface area contributed by atoms with Crippen molar-refractivity contribution in [1.29, 1.82) is 5.26 Å². The zero-order chi connectivity index (χ0) is 20.1. The molecule has 0 aromatic rings. The molecule has 0 heterocycles. The minimum Gasteiger partial charge on any atom is -0.406 e. The lowest BCUT2D eigenvalue weighted by Crippen LogP contribution is -2.59. The summed E-state index contributed by atoms with van der Waals surface area (Å²) in [6.07, 6.45) is 0.208. The van der Waals surface area contributed by atoms with Gasteiger partial charge in [-0.2, -0.15) is 5.26 Å². The number of aliphatic hydroxyl groups excluding tert-OH is 1. The Morgan fingerprint density at radius 3 is 1.88 bits per heavy atom. The van der Waals surface area contributed by atoms with E-state index >= 15 is 0 Å². The summed E-state index contributed by atoms with van der Waals surface area (Å²) in [5.41, 5.74) is -1.22. The van der Waals surface area contributed by atoms with Crippen LogP contribution in [0.1, 0.15) is 41.5 Å². The molecule has 0 radical (unpaired) electrons. The van der Waals surface area contributed by atoms with Gasteiger partial charge in [0.25, 0.3) is 0 Å². The summed E-state index contributed by atoms with van der Waals surface area (Å²) < 4.78 is 13.8. The largest absolute Gasteiger partial charge is 0.406 e. The number of nitrogens with zero attached hydrogens (tertiary/aromatic N) is 1. The minimum absolute atomic E-state index is 0.0150. The van der Waals surface area contributed by atoms with E-state index < -0.39 is 34.4 Å². The average molecular weight is 496 g/mol. The van der Waals surface area contributed by atoms with E-state index in [1.807, 2.05) is 0 Å². The molecule has 0 aliphatic heterocycles. The van der Waals surface area contributed by atoms with Crippen LogP contribution in [0.5, 0.6) is 0 Å². The summed E-state index contributed by atoms with van der Waals surface area (Å²) in [4.78, 5) is 0. The summed E-state index contributed by atoms with van der Waals surface area (Å²) in [6.45, 7) is 21.4. The molecule has 25 heavy (non-hydrogen) atoms. The van der Waals surface area contributed by atoms with E-state index in [9.17, 15) is 10.4 Å². The van der Waals surface area contributed by atoms with Crippen molar-refractivity contribution in [2.75, 3.05) is 0 Å². The van der Waals surface area contributed by atoms with Gasteiger partial charge in [-0.1, -0.05) is 41.5 Å². The lowest BCUT2D eigenvalue weighted by molar-refractivity contribution is -0.0277. The molecule has 4 nitrogen and oxygen atoms in total. The van der Waals surface area contributed by atoms with Crippen LogP contribution in [0.3, 0.4) is 0 Å². The highest BCUT2D eigenvalue weighted by atomic mass is 127. The maximum Gasteiger partial charge on any atom is 0.203 e. The van der Waals surface area contributed by atoms with Gasteiger partial charge in [-0.15, -0.1) is 0 Å². The first-order valence-corrected chi connectivity index (χ1v) is 15.7. The molecule has 0 saturated heterocycles. The summed E-state index contributed by atoms with van der Waals surface area (Å²) in [6, 6.07) is 2.38. The van der Waals surface area contributed by atoms with Gasteiger partial charge in [-0.3, -0.25) is 0 Å². The van der Waals surface area contributed by atoms with E-state index in [4.69, 9.17) is 8.85 Å². The van der Waals surface area contributed by atoms with Crippen molar-refractivity contribution >= 4 is 39.2 Å². The highest BCUT2D eigenvalue weighted by Crippen LogP contribution is 2.49. The van der Waals surface area contributed by atoms with Crippen LogP contribution in [0, 0.1) is 11.3 Å². The third kappa shape index (κ3) is 4.41. The van der Waals surface area contributed by atoms with Gasteiger partial charge >= 0.3 is 0 Å². The van der Waals surface area contributed by atoms with Crippen molar-refractivity contribution in [3.05, 3.63) is 9.66 Å². The monoisotopic (exact) mass is 495 g/mol. The number of hydrogen-bond donors (Lipinski definition) is 1. The smallest absolute Gasteiger partial charge is 0.203 e. The molecule has 144 valence electrons. The van der Waals surface area contributed by atoms with Crippen molar-refractivity contribution in [2.24, 2.45) is 0 Å². The van der Waals surface area contributed by atoms with Gasteiger partial charge in [0.1, 0.15) is 18.3 Å². The molecule has 1 aliphatic rings. The van der Waals surface area contributed by atoms with Crippen LogP contribution in [-0.4, -0.2) is 39.6 Å². The first-order valence-electron chi connectivity index (χ1n) is 8.76. The van der Waals surface area contributed by atoms with Gasteiger partial charge in [0.2, 0.25) is 5.60 Å². The van der Waals surface area contributed by atoms with Crippen molar-refractivity contribution in [3.8, 4) is 6.07 Å². The highest BCUT2D eigenvalue weighted by molar-refractivity contribution is 14.1. The number of rotatable bonds is 4. The molecule has 0 spiro atoms. The van der Waals surface area contributed by atoms with Crippen LogP contribution in [0.2, 0.25) is 36.3 Å². The van der Waals surface area contributed by atoms with E-state index in [1.165, 1.54) is 0 Å². The molecule has 0 aromatic heterocycles. The van der Waals surface area contributed by atoms with Gasteiger partial charge < -0.3 is 14.0 Å². The lowest BCUT2D eigenvalue weighted by atomic mass is 10.0. The Kier molecular flexibility index (Phi) is 6.55. The predicted molar refractivity (Wildman–Crippen MR) is 117 cm³/mol.